The van der Waals surface area contributed by atoms with Crippen LogP contribution in [-0.4, -0.2) is 22.5 Å². The second kappa shape index (κ2) is 9.77. The third-order valence-corrected chi connectivity index (χ3v) is 5.73. The lowest BCUT2D eigenvalue weighted by molar-refractivity contribution is -0.138. The van der Waals surface area contributed by atoms with E-state index < -0.39 is 35.0 Å². The summed E-state index contributed by atoms with van der Waals surface area (Å²) in [6, 6.07) is 10.2. The Kier molecular flexibility index (Phi) is 7.25. The number of rotatable bonds is 6. The SMILES string of the molecule is CN[S+]([O-])c1cccc(NC(=O)c2c(Oc3ccc(F)nc3C)ccc(C(F)(F)F)c2C)c1. The predicted molar refractivity (Wildman–Crippen MR) is 115 cm³/mol. The Morgan fingerprint density at radius 3 is 2.42 bits per heavy atom. The van der Waals surface area contributed by atoms with Crippen LogP contribution in [0.15, 0.2) is 53.4 Å². The summed E-state index contributed by atoms with van der Waals surface area (Å²) in [5, 5.41) is 2.52. The van der Waals surface area contributed by atoms with Crippen LogP contribution in [0.3, 0.4) is 0 Å². The molecule has 0 aliphatic carbocycles. The maximum atomic E-state index is 13.5. The topological polar surface area (TPSA) is 86.3 Å². The summed E-state index contributed by atoms with van der Waals surface area (Å²) in [6.07, 6.45) is -4.70. The van der Waals surface area contributed by atoms with Crippen LogP contribution in [0.4, 0.5) is 23.2 Å². The molecule has 0 saturated heterocycles. The fourth-order valence-electron chi connectivity index (χ4n) is 3.11. The van der Waals surface area contributed by atoms with Gasteiger partial charge < -0.3 is 14.6 Å². The molecule has 0 radical (unpaired) electrons. The maximum Gasteiger partial charge on any atom is 0.416 e. The molecule has 1 amide bonds. The molecule has 0 saturated carbocycles. The number of amides is 1. The van der Waals surface area contributed by atoms with Gasteiger partial charge in [0.25, 0.3) is 5.91 Å². The van der Waals surface area contributed by atoms with E-state index in [9.17, 15) is 26.9 Å². The number of carbonyl (C=O) groups excluding carboxylic acids is 1. The largest absolute Gasteiger partial charge is 0.593 e. The fraction of sp³-hybridized carbons (Fsp3) is 0.182. The number of hydrogen-bond acceptors (Lipinski definition) is 5. The molecule has 11 heteroatoms. The summed E-state index contributed by atoms with van der Waals surface area (Å²) in [6.45, 7) is 2.62. The van der Waals surface area contributed by atoms with Gasteiger partial charge in [-0.3, -0.25) is 4.79 Å². The van der Waals surface area contributed by atoms with Crippen molar-refractivity contribution >= 4 is 23.0 Å². The van der Waals surface area contributed by atoms with Crippen LogP contribution in [0, 0.1) is 19.8 Å². The molecule has 0 bridgehead atoms. The molecule has 1 atom stereocenters. The van der Waals surface area contributed by atoms with Gasteiger partial charge in [0.2, 0.25) is 5.95 Å². The van der Waals surface area contributed by atoms with Crippen LogP contribution < -0.4 is 14.8 Å². The van der Waals surface area contributed by atoms with Crippen molar-refractivity contribution in [3.05, 3.63) is 76.9 Å². The number of alkyl halides is 3. The van der Waals surface area contributed by atoms with E-state index in [0.717, 1.165) is 25.1 Å². The number of nitrogens with one attached hydrogen (secondary N) is 2. The second-order valence-electron chi connectivity index (χ2n) is 6.88. The summed E-state index contributed by atoms with van der Waals surface area (Å²) in [4.78, 5) is 17.1. The van der Waals surface area contributed by atoms with E-state index >= 15 is 0 Å². The van der Waals surface area contributed by atoms with Crippen LogP contribution in [0.2, 0.25) is 0 Å². The van der Waals surface area contributed by atoms with Crippen molar-refractivity contribution in [2.24, 2.45) is 0 Å². The quantitative estimate of drug-likeness (QED) is 0.289. The van der Waals surface area contributed by atoms with Crippen molar-refractivity contribution in [3.63, 3.8) is 0 Å². The predicted octanol–water partition coefficient (Wildman–Crippen LogP) is 5.14. The summed E-state index contributed by atoms with van der Waals surface area (Å²) >= 11 is -1.53. The first kappa shape index (κ1) is 24.5. The number of nitrogens with zero attached hydrogens (tertiary/aromatic N) is 1. The highest BCUT2D eigenvalue weighted by Crippen LogP contribution is 2.38. The van der Waals surface area contributed by atoms with Gasteiger partial charge in [-0.1, -0.05) is 6.07 Å². The van der Waals surface area contributed by atoms with E-state index in [1.807, 2.05) is 0 Å². The summed E-state index contributed by atoms with van der Waals surface area (Å²) in [7, 11) is 1.49. The zero-order valence-corrected chi connectivity index (χ0v) is 18.5. The number of ether oxygens (including phenoxy) is 1. The number of hydrogen-bond donors (Lipinski definition) is 2. The van der Waals surface area contributed by atoms with E-state index in [2.05, 4.69) is 15.0 Å². The van der Waals surface area contributed by atoms with Crippen molar-refractivity contribution in [3.8, 4) is 11.5 Å². The maximum absolute atomic E-state index is 13.5. The zero-order valence-electron chi connectivity index (χ0n) is 17.7. The summed E-state index contributed by atoms with van der Waals surface area (Å²) in [5.41, 5.74) is -1.32. The number of aryl methyl sites for hydroxylation is 1. The average molecular weight is 481 g/mol. The van der Waals surface area contributed by atoms with Gasteiger partial charge in [-0.15, -0.1) is 4.72 Å². The van der Waals surface area contributed by atoms with Crippen molar-refractivity contribution in [2.45, 2.75) is 24.9 Å². The van der Waals surface area contributed by atoms with Crippen molar-refractivity contribution < 1.29 is 31.6 Å². The van der Waals surface area contributed by atoms with Crippen molar-refractivity contribution in [1.29, 1.82) is 0 Å². The molecule has 1 heterocycles. The summed E-state index contributed by atoms with van der Waals surface area (Å²) in [5.74, 6) is -1.70. The van der Waals surface area contributed by atoms with Crippen LogP contribution in [0.1, 0.15) is 27.2 Å². The molecule has 1 aromatic heterocycles. The average Bonchev–Trinajstić information content (AvgIpc) is 2.74. The number of benzene rings is 2. The van der Waals surface area contributed by atoms with Gasteiger partial charge in [-0.05, 0) is 55.8 Å². The lowest BCUT2D eigenvalue weighted by Crippen LogP contribution is -2.20. The first-order valence-electron chi connectivity index (χ1n) is 9.53. The first-order chi connectivity index (χ1) is 15.5. The highest BCUT2D eigenvalue weighted by molar-refractivity contribution is 7.89. The molecular weight excluding hydrogens is 462 g/mol. The summed E-state index contributed by atoms with van der Waals surface area (Å²) < 4.78 is 74.0. The smallest absolute Gasteiger partial charge is 0.416 e. The Morgan fingerprint density at radius 1 is 1.09 bits per heavy atom. The Labute approximate surface area is 190 Å². The lowest BCUT2D eigenvalue weighted by atomic mass is 10.00. The molecular formula is C22H19F4N3O3S. The molecule has 3 rings (SSSR count). The standard InChI is InChI=1S/C22H19F4N3O3S/c1-12-16(22(24,25)26)7-8-18(32-17-9-10-19(23)28-13(17)2)20(12)21(30)29-14-5-4-6-15(11-14)33(31)27-3/h4-11,27H,1-3H3,(H,29,30). The highest BCUT2D eigenvalue weighted by atomic mass is 32.2. The van der Waals surface area contributed by atoms with Crippen LogP contribution >= 0.6 is 0 Å². The Bertz CT molecular complexity index is 1190. The molecule has 1 unspecified atom stereocenters. The monoisotopic (exact) mass is 481 g/mol. The Hall–Kier alpha value is -3.15. The van der Waals surface area contributed by atoms with Gasteiger partial charge in [0.15, 0.2) is 4.90 Å². The minimum absolute atomic E-state index is 0.0797. The van der Waals surface area contributed by atoms with Crippen molar-refractivity contribution in [1.82, 2.24) is 9.71 Å². The molecule has 174 valence electrons. The first-order valence-corrected chi connectivity index (χ1v) is 10.7. The normalized spacial score (nSPS) is 12.4. The lowest BCUT2D eigenvalue weighted by Gasteiger charge is -2.18. The van der Waals surface area contributed by atoms with Crippen LogP contribution in [-0.2, 0) is 17.5 Å². The Balaban J connectivity index is 2.04. The van der Waals surface area contributed by atoms with Crippen molar-refractivity contribution in [2.75, 3.05) is 12.4 Å². The van der Waals surface area contributed by atoms with Gasteiger partial charge in [-0.2, -0.15) is 17.6 Å². The molecule has 2 N–H and O–H groups in total. The minimum Gasteiger partial charge on any atom is -0.593 e. The van der Waals surface area contributed by atoms with Gasteiger partial charge in [0.05, 0.1) is 28.2 Å². The molecule has 3 aromatic rings. The van der Waals surface area contributed by atoms with E-state index in [1.165, 1.54) is 32.2 Å². The van der Waals surface area contributed by atoms with Gasteiger partial charge >= 0.3 is 6.18 Å². The number of pyridine rings is 1. The zero-order chi connectivity index (χ0) is 24.3. The van der Waals surface area contributed by atoms with E-state index in [4.69, 9.17) is 4.74 Å². The number of anilines is 1. The third-order valence-electron chi connectivity index (χ3n) is 4.67. The van der Waals surface area contributed by atoms with Crippen LogP contribution in [0.5, 0.6) is 11.5 Å². The number of carbonyl (C=O) groups is 1. The Morgan fingerprint density at radius 2 is 1.79 bits per heavy atom. The fourth-order valence-corrected chi connectivity index (χ4v) is 3.78. The second-order valence-corrected chi connectivity index (χ2v) is 8.30. The van der Waals surface area contributed by atoms with E-state index in [-0.39, 0.29) is 34.0 Å². The van der Waals surface area contributed by atoms with Gasteiger partial charge in [0.1, 0.15) is 11.5 Å². The number of halogens is 4. The molecule has 33 heavy (non-hydrogen) atoms. The molecule has 0 fully saturated rings. The molecule has 0 spiro atoms. The third kappa shape index (κ3) is 5.62. The highest BCUT2D eigenvalue weighted by Gasteiger charge is 2.35. The van der Waals surface area contributed by atoms with Gasteiger partial charge in [-0.25, -0.2) is 4.98 Å². The molecule has 0 aliphatic rings. The molecule has 0 aliphatic heterocycles. The van der Waals surface area contributed by atoms with E-state index in [0.29, 0.717) is 4.90 Å². The van der Waals surface area contributed by atoms with Crippen LogP contribution in [0.25, 0.3) is 0 Å². The minimum atomic E-state index is -4.70. The van der Waals surface area contributed by atoms with E-state index in [1.54, 1.807) is 12.1 Å². The molecule has 2 aromatic carbocycles. The number of aromatic nitrogens is 1. The van der Waals surface area contributed by atoms with Gasteiger partial charge in [0, 0.05) is 18.8 Å². The molecule has 6 nitrogen and oxygen atoms in total.